The van der Waals surface area contributed by atoms with Crippen LogP contribution in [0.2, 0.25) is 0 Å². The molecule has 0 saturated carbocycles. The zero-order chi connectivity index (χ0) is 13.0. The minimum Gasteiger partial charge on any atom is -0.366 e. The summed E-state index contributed by atoms with van der Waals surface area (Å²) in [5.41, 5.74) is 4.59. The quantitative estimate of drug-likeness (QED) is 0.832. The number of piperidine rings is 1. The fourth-order valence-electron chi connectivity index (χ4n) is 4.24. The third kappa shape index (κ3) is 1.54. The Hall–Kier alpha value is -1.22. The molecule has 0 spiro atoms. The van der Waals surface area contributed by atoms with Gasteiger partial charge in [-0.25, -0.2) is 0 Å². The molecule has 0 aliphatic carbocycles. The number of anilines is 2. The predicted octanol–water partition coefficient (Wildman–Crippen LogP) is 2.18. The van der Waals surface area contributed by atoms with E-state index in [4.69, 9.17) is 0 Å². The monoisotopic (exact) mass is 257 g/mol. The van der Waals surface area contributed by atoms with Crippen molar-refractivity contribution in [1.82, 2.24) is 5.32 Å². The number of benzene rings is 1. The van der Waals surface area contributed by atoms with Gasteiger partial charge in [0.15, 0.2) is 0 Å². The van der Waals surface area contributed by atoms with Crippen LogP contribution >= 0.6 is 0 Å². The number of fused-ring (bicyclic) bond motifs is 3. The highest BCUT2D eigenvalue weighted by Crippen LogP contribution is 2.49. The van der Waals surface area contributed by atoms with E-state index in [0.717, 1.165) is 12.6 Å². The molecular formula is C16H23N3. The van der Waals surface area contributed by atoms with Crippen molar-refractivity contribution in [2.24, 2.45) is 0 Å². The topological polar surface area (TPSA) is 18.5 Å². The molecule has 0 aromatic heterocycles. The highest BCUT2D eigenvalue weighted by Gasteiger charge is 2.43. The van der Waals surface area contributed by atoms with E-state index >= 15 is 0 Å². The van der Waals surface area contributed by atoms with Crippen molar-refractivity contribution in [3.05, 3.63) is 23.8 Å². The summed E-state index contributed by atoms with van der Waals surface area (Å²) in [6, 6.07) is 8.26. The van der Waals surface area contributed by atoms with E-state index in [0.29, 0.717) is 12.0 Å². The normalized spacial score (nSPS) is 28.6. The van der Waals surface area contributed by atoms with Crippen molar-refractivity contribution < 1.29 is 0 Å². The summed E-state index contributed by atoms with van der Waals surface area (Å²) in [5, 5.41) is 3.58. The van der Waals surface area contributed by atoms with Crippen molar-refractivity contribution in [2.75, 3.05) is 36.0 Å². The molecule has 4 rings (SSSR count). The van der Waals surface area contributed by atoms with E-state index in [1.165, 1.54) is 31.7 Å². The maximum absolute atomic E-state index is 3.58. The Labute approximate surface area is 115 Å². The second-order valence-corrected chi connectivity index (χ2v) is 6.36. The van der Waals surface area contributed by atoms with Gasteiger partial charge < -0.3 is 15.1 Å². The second-order valence-electron chi connectivity index (χ2n) is 6.36. The van der Waals surface area contributed by atoms with E-state index in [1.807, 2.05) is 0 Å². The highest BCUT2D eigenvalue weighted by atomic mass is 15.3. The van der Waals surface area contributed by atoms with Gasteiger partial charge in [-0.3, -0.25) is 0 Å². The third-order valence-electron chi connectivity index (χ3n) is 5.09. The first kappa shape index (κ1) is 11.6. The minimum atomic E-state index is 0.592. The van der Waals surface area contributed by atoms with E-state index in [-0.39, 0.29) is 0 Å². The molecule has 1 fully saturated rings. The lowest BCUT2D eigenvalue weighted by Gasteiger charge is -2.42. The molecular weight excluding hydrogens is 234 g/mol. The average molecular weight is 257 g/mol. The number of hydrogen-bond donors (Lipinski definition) is 1. The summed E-state index contributed by atoms with van der Waals surface area (Å²) in [6.07, 6.45) is 1.29. The number of nitrogens with zero attached hydrogens (tertiary/aromatic N) is 2. The van der Waals surface area contributed by atoms with E-state index in [1.54, 1.807) is 11.3 Å². The standard InChI is InChI=1S/C16H23N3/c1-11(2)18-8-9-19-14-6-7-17-10-13(14)12-4-3-5-15(18)16(12)19/h3-5,11,13-14,17H,6-10H2,1-2H3/t13-,14-/m0/s1. The Morgan fingerprint density at radius 1 is 1.26 bits per heavy atom. The van der Waals surface area contributed by atoms with Gasteiger partial charge >= 0.3 is 0 Å². The van der Waals surface area contributed by atoms with Crippen LogP contribution in [-0.2, 0) is 0 Å². The summed E-state index contributed by atoms with van der Waals surface area (Å²) in [6.45, 7) is 9.31. The van der Waals surface area contributed by atoms with Crippen LogP contribution in [0.5, 0.6) is 0 Å². The Morgan fingerprint density at radius 3 is 3.00 bits per heavy atom. The molecule has 0 radical (unpaired) electrons. The molecule has 102 valence electrons. The molecule has 0 amide bonds. The summed E-state index contributed by atoms with van der Waals surface area (Å²) in [7, 11) is 0. The molecule has 3 heteroatoms. The van der Waals surface area contributed by atoms with Gasteiger partial charge in [-0.2, -0.15) is 0 Å². The van der Waals surface area contributed by atoms with Crippen LogP contribution in [0, 0.1) is 0 Å². The number of rotatable bonds is 1. The van der Waals surface area contributed by atoms with E-state index < -0.39 is 0 Å². The zero-order valence-corrected chi connectivity index (χ0v) is 11.9. The van der Waals surface area contributed by atoms with Crippen LogP contribution in [0.4, 0.5) is 11.4 Å². The number of hydrogen-bond acceptors (Lipinski definition) is 3. The minimum absolute atomic E-state index is 0.592. The Kier molecular flexibility index (Phi) is 2.52. The van der Waals surface area contributed by atoms with Crippen molar-refractivity contribution in [3.8, 4) is 0 Å². The van der Waals surface area contributed by atoms with Gasteiger partial charge in [-0.1, -0.05) is 12.1 Å². The number of nitrogens with one attached hydrogen (secondary N) is 1. The molecule has 1 aromatic carbocycles. The molecule has 19 heavy (non-hydrogen) atoms. The fraction of sp³-hybridized carbons (Fsp3) is 0.625. The van der Waals surface area contributed by atoms with E-state index in [9.17, 15) is 0 Å². The molecule has 0 bridgehead atoms. The van der Waals surface area contributed by atoms with Gasteiger partial charge in [0.1, 0.15) is 0 Å². The maximum Gasteiger partial charge on any atom is 0.0644 e. The first-order valence-electron chi connectivity index (χ1n) is 7.64. The number of para-hydroxylation sites is 1. The molecule has 1 aromatic rings. The fourth-order valence-corrected chi connectivity index (χ4v) is 4.24. The van der Waals surface area contributed by atoms with Gasteiger partial charge in [-0.05, 0) is 38.4 Å². The highest BCUT2D eigenvalue weighted by molar-refractivity contribution is 5.81. The van der Waals surface area contributed by atoms with Gasteiger partial charge in [0.25, 0.3) is 0 Å². The van der Waals surface area contributed by atoms with Crippen LogP contribution in [-0.4, -0.2) is 38.3 Å². The Morgan fingerprint density at radius 2 is 2.16 bits per heavy atom. The van der Waals surface area contributed by atoms with Crippen LogP contribution < -0.4 is 15.1 Å². The molecule has 1 N–H and O–H groups in total. The van der Waals surface area contributed by atoms with Crippen molar-refractivity contribution >= 4 is 11.4 Å². The van der Waals surface area contributed by atoms with Gasteiger partial charge in [0, 0.05) is 37.6 Å². The van der Waals surface area contributed by atoms with Crippen LogP contribution in [0.15, 0.2) is 18.2 Å². The van der Waals surface area contributed by atoms with Gasteiger partial charge in [0.2, 0.25) is 0 Å². The molecule has 3 aliphatic heterocycles. The van der Waals surface area contributed by atoms with Gasteiger partial charge in [0.05, 0.1) is 11.4 Å². The van der Waals surface area contributed by atoms with Crippen molar-refractivity contribution in [3.63, 3.8) is 0 Å². The summed E-state index contributed by atoms with van der Waals surface area (Å²) in [4.78, 5) is 5.27. The molecule has 0 unspecified atom stereocenters. The second kappa shape index (κ2) is 4.14. The molecule has 3 nitrogen and oxygen atoms in total. The first-order chi connectivity index (χ1) is 9.27. The Balaban J connectivity index is 1.84. The predicted molar refractivity (Wildman–Crippen MR) is 80.3 cm³/mol. The van der Waals surface area contributed by atoms with Crippen LogP contribution in [0.1, 0.15) is 31.7 Å². The Bertz CT molecular complexity index is 497. The maximum atomic E-state index is 3.58. The largest absolute Gasteiger partial charge is 0.366 e. The average Bonchev–Trinajstić information content (AvgIpc) is 2.76. The van der Waals surface area contributed by atoms with Crippen molar-refractivity contribution in [1.29, 1.82) is 0 Å². The van der Waals surface area contributed by atoms with Crippen LogP contribution in [0.25, 0.3) is 0 Å². The lowest BCUT2D eigenvalue weighted by atomic mass is 9.90. The summed E-state index contributed by atoms with van der Waals surface area (Å²) < 4.78 is 0. The molecule has 2 atom stereocenters. The lowest BCUT2D eigenvalue weighted by Crippen LogP contribution is -2.49. The SMILES string of the molecule is CC(C)N1CCN2c3c(cccc31)[C@@H]1CNCC[C@@H]12. The van der Waals surface area contributed by atoms with Crippen LogP contribution in [0.3, 0.4) is 0 Å². The summed E-state index contributed by atoms with van der Waals surface area (Å²) >= 11 is 0. The smallest absolute Gasteiger partial charge is 0.0644 e. The molecule has 1 saturated heterocycles. The third-order valence-corrected chi connectivity index (χ3v) is 5.09. The zero-order valence-electron chi connectivity index (χ0n) is 11.9. The first-order valence-corrected chi connectivity index (χ1v) is 7.64. The van der Waals surface area contributed by atoms with Gasteiger partial charge in [-0.15, -0.1) is 0 Å². The summed E-state index contributed by atoms with van der Waals surface area (Å²) in [5.74, 6) is 0.704. The molecule has 3 heterocycles. The molecule has 3 aliphatic rings. The lowest BCUT2D eigenvalue weighted by molar-refractivity contribution is 0.401. The van der Waals surface area contributed by atoms with Crippen molar-refractivity contribution in [2.45, 2.75) is 38.3 Å². The van der Waals surface area contributed by atoms with E-state index in [2.05, 4.69) is 47.2 Å².